The number of rotatable bonds is 18. The van der Waals surface area contributed by atoms with Gasteiger partial charge < -0.3 is 11.5 Å². The second-order valence-corrected chi connectivity index (χ2v) is 14.8. The average Bonchev–Trinajstić information content (AvgIpc) is 2.91. The predicted molar refractivity (Wildman–Crippen MR) is 153 cm³/mol. The molecule has 0 aromatic rings. The summed E-state index contributed by atoms with van der Waals surface area (Å²) in [6, 6.07) is -0.636. The molecule has 13 heteroatoms. The van der Waals surface area contributed by atoms with Gasteiger partial charge in [-0.1, -0.05) is 25.7 Å². The topological polar surface area (TPSA) is 150 Å². The lowest BCUT2D eigenvalue weighted by atomic mass is 10.0. The third-order valence-corrected chi connectivity index (χ3v) is 11.9. The van der Waals surface area contributed by atoms with Gasteiger partial charge in [0.05, 0.1) is 23.6 Å². The van der Waals surface area contributed by atoms with Crippen molar-refractivity contribution in [3.8, 4) is 0 Å². The summed E-state index contributed by atoms with van der Waals surface area (Å²) in [6.07, 6.45) is 6.80. The highest BCUT2D eigenvalue weighted by molar-refractivity contribution is 7.89. The number of hydrogen-bond donors (Lipinski definition) is 2. The number of nitrogens with zero attached hydrogens (tertiary/aromatic N) is 4. The minimum absolute atomic E-state index is 0.0948. The first-order valence-electron chi connectivity index (χ1n) is 14.4. The summed E-state index contributed by atoms with van der Waals surface area (Å²) in [6.45, 7) is 8.80. The van der Waals surface area contributed by atoms with Gasteiger partial charge >= 0.3 is 0 Å². The third kappa shape index (κ3) is 10.4. The lowest BCUT2D eigenvalue weighted by Gasteiger charge is -2.40. The van der Waals surface area contributed by atoms with Crippen LogP contribution in [-0.4, -0.2) is 130 Å². The van der Waals surface area contributed by atoms with Crippen LogP contribution in [0.1, 0.15) is 65.2 Å². The first-order chi connectivity index (χ1) is 18.0. The molecule has 11 nitrogen and oxygen atoms in total. The van der Waals surface area contributed by atoms with E-state index in [0.717, 1.165) is 38.5 Å². The van der Waals surface area contributed by atoms with E-state index in [-0.39, 0.29) is 29.4 Å². The lowest BCUT2D eigenvalue weighted by molar-refractivity contribution is -0.129. The molecule has 0 radical (unpaired) electrons. The zero-order valence-electron chi connectivity index (χ0n) is 23.6. The number of nitrogens with two attached hydrogens (primary N) is 2. The molecule has 0 spiro atoms. The summed E-state index contributed by atoms with van der Waals surface area (Å²) in [5, 5.41) is 0. The van der Waals surface area contributed by atoms with E-state index in [1.807, 2.05) is 13.8 Å². The number of Topliss-reactive ketones (excluding diaryl/α,β-unsaturated/α-hetero) is 1. The number of piperazine rings is 2. The Morgan fingerprint density at radius 2 is 0.895 bits per heavy atom. The molecule has 0 saturated carbocycles. The molecule has 0 aromatic heterocycles. The van der Waals surface area contributed by atoms with E-state index < -0.39 is 20.0 Å². The van der Waals surface area contributed by atoms with E-state index in [0.29, 0.717) is 78.3 Å². The molecule has 2 fully saturated rings. The van der Waals surface area contributed by atoms with Crippen LogP contribution in [-0.2, 0) is 24.8 Å². The second kappa shape index (κ2) is 16.6. The van der Waals surface area contributed by atoms with E-state index in [4.69, 9.17) is 11.5 Å². The van der Waals surface area contributed by atoms with Gasteiger partial charge in [0, 0.05) is 52.4 Å². The number of ketones is 1. The summed E-state index contributed by atoms with van der Waals surface area (Å²) in [4.78, 5) is 17.4. The van der Waals surface area contributed by atoms with Gasteiger partial charge in [0.15, 0.2) is 5.78 Å². The molecule has 0 amide bonds. The van der Waals surface area contributed by atoms with Gasteiger partial charge in [0.2, 0.25) is 20.0 Å². The maximum absolute atomic E-state index is 13.3. The van der Waals surface area contributed by atoms with Gasteiger partial charge in [-0.2, -0.15) is 8.61 Å². The van der Waals surface area contributed by atoms with E-state index in [9.17, 15) is 21.6 Å². The molecule has 38 heavy (non-hydrogen) atoms. The van der Waals surface area contributed by atoms with Crippen molar-refractivity contribution in [2.45, 2.75) is 77.3 Å². The average molecular weight is 581 g/mol. The minimum atomic E-state index is -3.28. The molecule has 2 aliphatic rings. The fourth-order valence-electron chi connectivity index (χ4n) is 5.27. The van der Waals surface area contributed by atoms with Crippen molar-refractivity contribution in [3.05, 3.63) is 0 Å². The van der Waals surface area contributed by atoms with E-state index >= 15 is 0 Å². The lowest BCUT2D eigenvalue weighted by Crippen LogP contribution is -2.58. The molecule has 2 aliphatic heterocycles. The molecular formula is C25H52N6O5S2. The van der Waals surface area contributed by atoms with Crippen molar-refractivity contribution in [1.29, 1.82) is 0 Å². The Kier molecular flexibility index (Phi) is 14.6. The van der Waals surface area contributed by atoms with Crippen molar-refractivity contribution in [2.75, 3.05) is 77.0 Å². The highest BCUT2D eigenvalue weighted by atomic mass is 32.2. The van der Waals surface area contributed by atoms with Crippen LogP contribution >= 0.6 is 0 Å². The molecule has 0 aliphatic carbocycles. The summed E-state index contributed by atoms with van der Waals surface area (Å²) in [5.41, 5.74) is 11.0. The molecule has 224 valence electrons. The van der Waals surface area contributed by atoms with Crippen LogP contribution in [0.3, 0.4) is 0 Å². The SMILES string of the molecule is CC(C(=O)C(C)N1CCN(S(=O)(=O)CCCCCCN)CC1)N1CCN(S(=O)(=O)CCCCCCN)CC1. The molecule has 2 atom stereocenters. The number of sulfonamides is 2. The molecule has 4 N–H and O–H groups in total. The molecular weight excluding hydrogens is 528 g/mol. The number of hydrogen-bond acceptors (Lipinski definition) is 9. The fourth-order valence-corrected chi connectivity index (χ4v) is 8.36. The Labute approximate surface area is 231 Å². The maximum atomic E-state index is 13.3. The summed E-state index contributed by atoms with van der Waals surface area (Å²) >= 11 is 0. The van der Waals surface area contributed by atoms with Crippen molar-refractivity contribution < 1.29 is 21.6 Å². The first-order valence-corrected chi connectivity index (χ1v) is 17.6. The smallest absolute Gasteiger partial charge is 0.214 e. The van der Waals surface area contributed by atoms with Crippen LogP contribution in [0.15, 0.2) is 0 Å². The van der Waals surface area contributed by atoms with Gasteiger partial charge in [-0.25, -0.2) is 16.8 Å². The van der Waals surface area contributed by atoms with Crippen LogP contribution in [0.2, 0.25) is 0 Å². The van der Waals surface area contributed by atoms with E-state index in [2.05, 4.69) is 9.80 Å². The van der Waals surface area contributed by atoms with Gasteiger partial charge in [0.1, 0.15) is 0 Å². The van der Waals surface area contributed by atoms with Crippen molar-refractivity contribution in [2.24, 2.45) is 11.5 Å². The first kappa shape index (κ1) is 33.5. The Hall–Kier alpha value is -0.670. The van der Waals surface area contributed by atoms with Crippen LogP contribution in [0.5, 0.6) is 0 Å². The third-order valence-electron chi connectivity index (χ3n) is 7.97. The highest BCUT2D eigenvalue weighted by Crippen LogP contribution is 2.17. The molecule has 0 bridgehead atoms. The van der Waals surface area contributed by atoms with Crippen molar-refractivity contribution in [3.63, 3.8) is 0 Å². The highest BCUT2D eigenvalue weighted by Gasteiger charge is 2.35. The van der Waals surface area contributed by atoms with Gasteiger partial charge in [0.25, 0.3) is 0 Å². The van der Waals surface area contributed by atoms with E-state index in [1.165, 1.54) is 0 Å². The number of carbonyl (C=O) groups is 1. The minimum Gasteiger partial charge on any atom is -0.330 e. The van der Waals surface area contributed by atoms with Crippen LogP contribution in [0.25, 0.3) is 0 Å². The standard InChI is InChI=1S/C25H52N6O5S2/c1-23(28-13-17-30(18-14-28)37(33,34)21-9-5-3-7-11-26)25(32)24(2)29-15-19-31(20-16-29)38(35,36)22-10-6-4-8-12-27/h23-24H,3-22,26-27H2,1-2H3. The Balaban J connectivity index is 1.76. The Morgan fingerprint density at radius 3 is 1.21 bits per heavy atom. The Bertz CT molecular complexity index is 829. The normalized spacial score (nSPS) is 20.9. The predicted octanol–water partition coefficient (Wildman–Crippen LogP) is 0.266. The second-order valence-electron chi connectivity index (χ2n) is 10.7. The van der Waals surface area contributed by atoms with Crippen LogP contribution < -0.4 is 11.5 Å². The summed E-state index contributed by atoms with van der Waals surface area (Å²) < 4.78 is 53.9. The van der Waals surface area contributed by atoms with Crippen molar-refractivity contribution >= 4 is 25.8 Å². The Morgan fingerprint density at radius 1 is 0.579 bits per heavy atom. The zero-order valence-corrected chi connectivity index (χ0v) is 25.2. The van der Waals surface area contributed by atoms with Gasteiger partial charge in [-0.3, -0.25) is 14.6 Å². The zero-order chi connectivity index (χ0) is 28.2. The van der Waals surface area contributed by atoms with Crippen molar-refractivity contribution in [1.82, 2.24) is 18.4 Å². The number of unbranched alkanes of at least 4 members (excludes halogenated alkanes) is 6. The largest absolute Gasteiger partial charge is 0.330 e. The van der Waals surface area contributed by atoms with Gasteiger partial charge in [-0.15, -0.1) is 0 Å². The molecule has 2 heterocycles. The number of carbonyl (C=O) groups excluding carboxylic acids is 1. The van der Waals surface area contributed by atoms with Crippen LogP contribution in [0.4, 0.5) is 0 Å². The monoisotopic (exact) mass is 580 g/mol. The molecule has 2 unspecified atom stereocenters. The maximum Gasteiger partial charge on any atom is 0.214 e. The van der Waals surface area contributed by atoms with Crippen LogP contribution in [0, 0.1) is 0 Å². The molecule has 0 aromatic carbocycles. The van der Waals surface area contributed by atoms with E-state index in [1.54, 1.807) is 8.61 Å². The quantitative estimate of drug-likeness (QED) is 0.218. The van der Waals surface area contributed by atoms with Gasteiger partial charge in [-0.05, 0) is 52.6 Å². The summed E-state index contributed by atoms with van der Waals surface area (Å²) in [5.74, 6) is 0.426. The summed E-state index contributed by atoms with van der Waals surface area (Å²) in [7, 11) is -6.56. The molecule has 2 rings (SSSR count). The molecule has 2 saturated heterocycles. The fraction of sp³-hybridized carbons (Fsp3) is 0.960.